The van der Waals surface area contributed by atoms with Gasteiger partial charge in [0.1, 0.15) is 0 Å². The van der Waals surface area contributed by atoms with Gasteiger partial charge in [0, 0.05) is 33.1 Å². The summed E-state index contributed by atoms with van der Waals surface area (Å²) in [4.78, 5) is 11.5. The molecule has 1 amide bonds. The summed E-state index contributed by atoms with van der Waals surface area (Å²) in [5.41, 5.74) is 2.08. The summed E-state index contributed by atoms with van der Waals surface area (Å²) in [5, 5.41) is 10.5. The Hall–Kier alpha value is -0.880. The van der Waals surface area contributed by atoms with Gasteiger partial charge in [-0.15, -0.1) is 0 Å². The number of hydrogen-bond acceptors (Lipinski definition) is 3. The van der Waals surface area contributed by atoms with E-state index in [0.717, 1.165) is 22.4 Å². The molecular formula is C13H23BrN4O. The molecule has 0 saturated carbocycles. The molecule has 0 aromatic carbocycles. The topological polar surface area (TPSA) is 59.0 Å². The van der Waals surface area contributed by atoms with Crippen LogP contribution in [0.5, 0.6) is 0 Å². The van der Waals surface area contributed by atoms with Gasteiger partial charge in [0.15, 0.2) is 0 Å². The molecule has 0 spiro atoms. The molecule has 5 nitrogen and oxygen atoms in total. The Morgan fingerprint density at radius 3 is 2.68 bits per heavy atom. The van der Waals surface area contributed by atoms with E-state index in [1.807, 2.05) is 18.7 Å². The molecule has 6 heteroatoms. The highest BCUT2D eigenvalue weighted by Crippen LogP contribution is 2.19. The molecule has 108 valence electrons. The first kappa shape index (κ1) is 16.2. The Labute approximate surface area is 123 Å². The van der Waals surface area contributed by atoms with Gasteiger partial charge in [-0.05, 0) is 28.8 Å². The fourth-order valence-corrected chi connectivity index (χ4v) is 2.16. The number of aromatic nitrogens is 2. The average Bonchev–Trinajstić information content (AvgIpc) is 2.57. The van der Waals surface area contributed by atoms with Crippen LogP contribution < -0.4 is 10.6 Å². The van der Waals surface area contributed by atoms with Crippen LogP contribution in [0.1, 0.15) is 31.7 Å². The molecule has 0 aliphatic rings. The molecular weight excluding hydrogens is 308 g/mol. The molecule has 2 N–H and O–H groups in total. The van der Waals surface area contributed by atoms with Crippen LogP contribution in [0.4, 0.5) is 0 Å². The SMILES string of the molecule is Cc1nn(C)c(CNCCC(=O)NCC(C)C)c1Br. The third-order valence-electron chi connectivity index (χ3n) is 2.79. The van der Waals surface area contributed by atoms with Gasteiger partial charge in [-0.1, -0.05) is 13.8 Å². The summed E-state index contributed by atoms with van der Waals surface area (Å²) in [6.07, 6.45) is 0.501. The zero-order valence-electron chi connectivity index (χ0n) is 12.1. The highest BCUT2D eigenvalue weighted by atomic mass is 79.9. The van der Waals surface area contributed by atoms with Gasteiger partial charge < -0.3 is 10.6 Å². The Morgan fingerprint density at radius 2 is 2.16 bits per heavy atom. The van der Waals surface area contributed by atoms with Crippen molar-refractivity contribution in [2.45, 2.75) is 33.7 Å². The minimum absolute atomic E-state index is 0.0986. The minimum atomic E-state index is 0.0986. The summed E-state index contributed by atoms with van der Waals surface area (Å²) >= 11 is 3.52. The monoisotopic (exact) mass is 330 g/mol. The molecule has 0 unspecified atom stereocenters. The van der Waals surface area contributed by atoms with E-state index in [4.69, 9.17) is 0 Å². The molecule has 0 aliphatic heterocycles. The second-order valence-electron chi connectivity index (χ2n) is 5.09. The first-order valence-electron chi connectivity index (χ1n) is 6.57. The molecule has 0 radical (unpaired) electrons. The Kier molecular flexibility index (Phi) is 6.51. The van der Waals surface area contributed by atoms with Crippen molar-refractivity contribution in [2.75, 3.05) is 13.1 Å². The minimum Gasteiger partial charge on any atom is -0.356 e. The number of nitrogens with one attached hydrogen (secondary N) is 2. The molecule has 1 heterocycles. The van der Waals surface area contributed by atoms with Crippen molar-refractivity contribution in [3.05, 3.63) is 15.9 Å². The molecule has 1 rings (SSSR count). The Balaban J connectivity index is 2.26. The van der Waals surface area contributed by atoms with Crippen LogP contribution >= 0.6 is 15.9 Å². The van der Waals surface area contributed by atoms with Gasteiger partial charge in [0.25, 0.3) is 0 Å². The van der Waals surface area contributed by atoms with Crippen molar-refractivity contribution in [1.29, 1.82) is 0 Å². The van der Waals surface area contributed by atoms with Crippen LogP contribution in [-0.4, -0.2) is 28.8 Å². The second-order valence-corrected chi connectivity index (χ2v) is 5.89. The summed E-state index contributed by atoms with van der Waals surface area (Å²) in [7, 11) is 1.92. The normalized spacial score (nSPS) is 11.1. The largest absolute Gasteiger partial charge is 0.356 e. The Morgan fingerprint density at radius 1 is 1.47 bits per heavy atom. The number of aryl methyl sites for hydroxylation is 2. The van der Waals surface area contributed by atoms with E-state index in [1.54, 1.807) is 0 Å². The maximum Gasteiger partial charge on any atom is 0.221 e. The predicted molar refractivity (Wildman–Crippen MR) is 79.8 cm³/mol. The van der Waals surface area contributed by atoms with Crippen LogP contribution in [0.25, 0.3) is 0 Å². The zero-order valence-corrected chi connectivity index (χ0v) is 13.7. The number of nitrogens with zero attached hydrogens (tertiary/aromatic N) is 2. The molecule has 19 heavy (non-hydrogen) atoms. The van der Waals surface area contributed by atoms with Crippen LogP contribution in [0, 0.1) is 12.8 Å². The molecule has 0 atom stereocenters. The fraction of sp³-hybridized carbons (Fsp3) is 0.692. The lowest BCUT2D eigenvalue weighted by Crippen LogP contribution is -2.30. The van der Waals surface area contributed by atoms with Crippen molar-refractivity contribution in [1.82, 2.24) is 20.4 Å². The van der Waals surface area contributed by atoms with Crippen molar-refractivity contribution < 1.29 is 4.79 Å². The second kappa shape index (κ2) is 7.65. The third kappa shape index (κ3) is 5.32. The third-order valence-corrected chi connectivity index (χ3v) is 3.82. The van der Waals surface area contributed by atoms with E-state index in [-0.39, 0.29) is 5.91 Å². The van der Waals surface area contributed by atoms with Crippen LogP contribution in [0.15, 0.2) is 4.47 Å². The predicted octanol–water partition coefficient (Wildman–Crippen LogP) is 1.74. The number of rotatable bonds is 7. The zero-order chi connectivity index (χ0) is 14.4. The molecule has 0 aliphatic carbocycles. The number of carbonyl (C=O) groups excluding carboxylic acids is 1. The van der Waals surface area contributed by atoms with E-state index in [0.29, 0.717) is 25.4 Å². The van der Waals surface area contributed by atoms with Crippen molar-refractivity contribution in [2.24, 2.45) is 13.0 Å². The molecule has 1 aromatic rings. The van der Waals surface area contributed by atoms with Gasteiger partial charge in [-0.3, -0.25) is 9.48 Å². The highest BCUT2D eigenvalue weighted by Gasteiger charge is 2.10. The first-order chi connectivity index (χ1) is 8.91. The van der Waals surface area contributed by atoms with E-state index in [1.165, 1.54) is 0 Å². The van der Waals surface area contributed by atoms with Gasteiger partial charge in [-0.25, -0.2) is 0 Å². The van der Waals surface area contributed by atoms with Crippen molar-refractivity contribution >= 4 is 21.8 Å². The maximum atomic E-state index is 11.5. The molecule has 0 saturated heterocycles. The average molecular weight is 331 g/mol. The van der Waals surface area contributed by atoms with E-state index >= 15 is 0 Å². The standard InChI is InChI=1S/C13H23BrN4O/c1-9(2)7-16-12(19)5-6-15-8-11-13(14)10(3)17-18(11)4/h9,15H,5-8H2,1-4H3,(H,16,19). The first-order valence-corrected chi connectivity index (χ1v) is 7.36. The lowest BCUT2D eigenvalue weighted by molar-refractivity contribution is -0.121. The number of amides is 1. The summed E-state index contributed by atoms with van der Waals surface area (Å²) in [6.45, 7) is 8.25. The lowest BCUT2D eigenvalue weighted by Gasteiger charge is -2.08. The van der Waals surface area contributed by atoms with E-state index in [9.17, 15) is 4.79 Å². The quantitative estimate of drug-likeness (QED) is 0.749. The maximum absolute atomic E-state index is 11.5. The van der Waals surface area contributed by atoms with Gasteiger partial charge in [-0.2, -0.15) is 5.10 Å². The van der Waals surface area contributed by atoms with Crippen LogP contribution in [0.3, 0.4) is 0 Å². The highest BCUT2D eigenvalue weighted by molar-refractivity contribution is 9.10. The van der Waals surface area contributed by atoms with Gasteiger partial charge in [0.2, 0.25) is 5.91 Å². The van der Waals surface area contributed by atoms with Crippen LogP contribution in [-0.2, 0) is 18.4 Å². The summed E-state index contributed by atoms with van der Waals surface area (Å²) in [5.74, 6) is 0.590. The number of hydrogen-bond donors (Lipinski definition) is 2. The smallest absolute Gasteiger partial charge is 0.221 e. The van der Waals surface area contributed by atoms with Crippen molar-refractivity contribution in [3.63, 3.8) is 0 Å². The molecule has 0 bridgehead atoms. The van der Waals surface area contributed by atoms with Crippen molar-refractivity contribution in [3.8, 4) is 0 Å². The fourth-order valence-electron chi connectivity index (χ4n) is 1.69. The molecule has 0 fully saturated rings. The lowest BCUT2D eigenvalue weighted by atomic mass is 10.2. The van der Waals surface area contributed by atoms with E-state index < -0.39 is 0 Å². The number of halogens is 1. The van der Waals surface area contributed by atoms with Gasteiger partial charge in [0.05, 0.1) is 15.9 Å². The Bertz CT molecular complexity index is 429. The summed E-state index contributed by atoms with van der Waals surface area (Å²) < 4.78 is 2.89. The number of carbonyl (C=O) groups is 1. The summed E-state index contributed by atoms with van der Waals surface area (Å²) in [6, 6.07) is 0. The van der Waals surface area contributed by atoms with E-state index in [2.05, 4.69) is 45.5 Å². The molecule has 1 aromatic heterocycles. The van der Waals surface area contributed by atoms with Crippen LogP contribution in [0.2, 0.25) is 0 Å². The van der Waals surface area contributed by atoms with Gasteiger partial charge >= 0.3 is 0 Å².